The quantitative estimate of drug-likeness (QED) is 0.838. The fraction of sp³-hybridized carbons (Fsp3) is 0.600. The van der Waals surface area contributed by atoms with E-state index in [1.54, 1.807) is 0 Å². The lowest BCUT2D eigenvalue weighted by Crippen LogP contribution is -2.27. The third-order valence-electron chi connectivity index (χ3n) is 2.49. The van der Waals surface area contributed by atoms with Crippen LogP contribution in [0.1, 0.15) is 35.8 Å². The van der Waals surface area contributed by atoms with E-state index in [1.165, 1.54) is 11.3 Å². The Morgan fingerprint density at radius 2 is 2.40 bits per heavy atom. The number of nitrogens with zero attached hydrogens (tertiary/aromatic N) is 2. The molecule has 0 spiro atoms. The minimum Gasteiger partial charge on any atom is -0.476 e. The molecule has 1 rings (SSSR count). The van der Waals surface area contributed by atoms with Crippen molar-refractivity contribution in [2.24, 2.45) is 0 Å². The molecule has 0 amide bonds. The summed E-state index contributed by atoms with van der Waals surface area (Å²) in [7, 11) is 2.02. The average Bonchev–Trinajstić information content (AvgIpc) is 2.65. The number of hydrogen-bond acceptors (Lipinski definition) is 4. The van der Waals surface area contributed by atoms with E-state index in [-0.39, 0.29) is 5.01 Å². The summed E-state index contributed by atoms with van der Waals surface area (Å²) in [4.78, 5) is 16.8. The first-order valence-corrected chi connectivity index (χ1v) is 5.80. The molecule has 1 aromatic rings. The molecule has 0 saturated heterocycles. The molecular weight excluding hydrogens is 212 g/mol. The molecule has 0 saturated carbocycles. The molecule has 1 aromatic heterocycles. The minimum absolute atomic E-state index is 0.169. The van der Waals surface area contributed by atoms with E-state index in [1.807, 2.05) is 12.4 Å². The zero-order valence-corrected chi connectivity index (χ0v) is 10.0. The Hall–Kier alpha value is -0.940. The number of carboxylic acids is 1. The lowest BCUT2D eigenvalue weighted by Gasteiger charge is -2.22. The Bertz CT molecular complexity index is 338. The summed E-state index contributed by atoms with van der Waals surface area (Å²) >= 11 is 1.18. The minimum atomic E-state index is -0.947. The predicted molar refractivity (Wildman–Crippen MR) is 60.3 cm³/mol. The Labute approximate surface area is 93.6 Å². The molecule has 0 fully saturated rings. The van der Waals surface area contributed by atoms with E-state index in [4.69, 9.17) is 5.11 Å². The maximum absolute atomic E-state index is 10.6. The monoisotopic (exact) mass is 228 g/mol. The highest BCUT2D eigenvalue weighted by atomic mass is 32.1. The third-order valence-corrected chi connectivity index (χ3v) is 3.37. The van der Waals surface area contributed by atoms with Gasteiger partial charge in [-0.05, 0) is 20.4 Å². The number of hydrogen-bond donors (Lipinski definition) is 1. The van der Waals surface area contributed by atoms with E-state index >= 15 is 0 Å². The van der Waals surface area contributed by atoms with Crippen LogP contribution in [0.15, 0.2) is 5.38 Å². The highest BCUT2D eigenvalue weighted by Gasteiger charge is 2.12. The summed E-state index contributed by atoms with van der Waals surface area (Å²) in [5.74, 6) is -0.947. The van der Waals surface area contributed by atoms with Crippen molar-refractivity contribution >= 4 is 17.3 Å². The zero-order valence-electron chi connectivity index (χ0n) is 9.23. The van der Waals surface area contributed by atoms with Gasteiger partial charge in [-0.2, -0.15) is 0 Å². The van der Waals surface area contributed by atoms with Crippen LogP contribution in [0.25, 0.3) is 0 Å². The second-order valence-corrected chi connectivity index (χ2v) is 4.48. The maximum atomic E-state index is 10.6. The van der Waals surface area contributed by atoms with Gasteiger partial charge in [0.15, 0.2) is 0 Å². The summed E-state index contributed by atoms with van der Waals surface area (Å²) in [5.41, 5.74) is 0.834. The first kappa shape index (κ1) is 12.1. The lowest BCUT2D eigenvalue weighted by atomic mass is 10.2. The number of carboxylic acid groups (broad SMARTS) is 1. The molecule has 4 nitrogen and oxygen atoms in total. The van der Waals surface area contributed by atoms with Gasteiger partial charge in [0, 0.05) is 18.0 Å². The molecule has 1 heterocycles. The molecule has 1 unspecified atom stereocenters. The third kappa shape index (κ3) is 3.28. The van der Waals surface area contributed by atoms with Crippen molar-refractivity contribution in [3.8, 4) is 0 Å². The van der Waals surface area contributed by atoms with Crippen molar-refractivity contribution in [3.05, 3.63) is 16.1 Å². The predicted octanol–water partition coefficient (Wildman–Crippen LogP) is 2.07. The Morgan fingerprint density at radius 3 is 2.87 bits per heavy atom. The number of aromatic carboxylic acids is 1. The lowest BCUT2D eigenvalue weighted by molar-refractivity contribution is 0.0696. The molecule has 0 aliphatic carbocycles. The summed E-state index contributed by atoms with van der Waals surface area (Å²) < 4.78 is 0. The maximum Gasteiger partial charge on any atom is 0.365 e. The van der Waals surface area contributed by atoms with Gasteiger partial charge in [-0.1, -0.05) is 6.92 Å². The van der Waals surface area contributed by atoms with Crippen LogP contribution in [-0.2, 0) is 6.54 Å². The van der Waals surface area contributed by atoms with Gasteiger partial charge in [-0.3, -0.25) is 4.90 Å². The highest BCUT2D eigenvalue weighted by molar-refractivity contribution is 7.11. The van der Waals surface area contributed by atoms with Gasteiger partial charge in [0.2, 0.25) is 5.01 Å². The van der Waals surface area contributed by atoms with E-state index in [9.17, 15) is 4.79 Å². The fourth-order valence-corrected chi connectivity index (χ4v) is 1.85. The number of carbonyl (C=O) groups is 1. The van der Waals surface area contributed by atoms with E-state index < -0.39 is 5.97 Å². The second kappa shape index (κ2) is 5.23. The topological polar surface area (TPSA) is 53.4 Å². The van der Waals surface area contributed by atoms with Crippen LogP contribution in [-0.4, -0.2) is 34.0 Å². The number of aromatic nitrogens is 1. The Kier molecular flexibility index (Phi) is 4.23. The van der Waals surface area contributed by atoms with Crippen molar-refractivity contribution in [1.82, 2.24) is 9.88 Å². The Balaban J connectivity index is 2.61. The molecule has 1 N–H and O–H groups in total. The number of rotatable bonds is 5. The summed E-state index contributed by atoms with van der Waals surface area (Å²) in [5, 5.41) is 10.7. The summed E-state index contributed by atoms with van der Waals surface area (Å²) in [6.45, 7) is 4.98. The SMILES string of the molecule is CCC(C)N(C)Cc1csc(C(=O)O)n1. The first-order chi connectivity index (χ1) is 7.04. The van der Waals surface area contributed by atoms with Crippen LogP contribution in [0.4, 0.5) is 0 Å². The van der Waals surface area contributed by atoms with Gasteiger partial charge >= 0.3 is 5.97 Å². The largest absolute Gasteiger partial charge is 0.476 e. The van der Waals surface area contributed by atoms with Gasteiger partial charge in [0.25, 0.3) is 0 Å². The molecule has 0 aliphatic rings. The van der Waals surface area contributed by atoms with Gasteiger partial charge < -0.3 is 5.11 Å². The van der Waals surface area contributed by atoms with Crippen LogP contribution in [0.5, 0.6) is 0 Å². The fourth-order valence-electron chi connectivity index (χ4n) is 1.20. The van der Waals surface area contributed by atoms with Crippen LogP contribution >= 0.6 is 11.3 Å². The highest BCUT2D eigenvalue weighted by Crippen LogP contribution is 2.13. The van der Waals surface area contributed by atoms with E-state index in [2.05, 4.69) is 23.7 Å². The molecule has 0 bridgehead atoms. The molecule has 15 heavy (non-hydrogen) atoms. The van der Waals surface area contributed by atoms with Crippen LogP contribution in [0.2, 0.25) is 0 Å². The normalized spacial score (nSPS) is 13.1. The molecule has 1 atom stereocenters. The van der Waals surface area contributed by atoms with E-state index in [0.29, 0.717) is 12.6 Å². The van der Waals surface area contributed by atoms with Crippen LogP contribution in [0.3, 0.4) is 0 Å². The van der Waals surface area contributed by atoms with Crippen molar-refractivity contribution in [3.63, 3.8) is 0 Å². The smallest absolute Gasteiger partial charge is 0.365 e. The van der Waals surface area contributed by atoms with Crippen molar-refractivity contribution in [2.75, 3.05) is 7.05 Å². The van der Waals surface area contributed by atoms with Crippen molar-refractivity contribution in [1.29, 1.82) is 0 Å². The van der Waals surface area contributed by atoms with Crippen LogP contribution in [0, 0.1) is 0 Å². The van der Waals surface area contributed by atoms with Gasteiger partial charge in [0.1, 0.15) is 0 Å². The summed E-state index contributed by atoms with van der Waals surface area (Å²) in [6.07, 6.45) is 1.08. The molecule has 84 valence electrons. The molecular formula is C10H16N2O2S. The van der Waals surface area contributed by atoms with Crippen molar-refractivity contribution in [2.45, 2.75) is 32.9 Å². The van der Waals surface area contributed by atoms with Gasteiger partial charge in [-0.25, -0.2) is 9.78 Å². The van der Waals surface area contributed by atoms with Crippen LogP contribution < -0.4 is 0 Å². The van der Waals surface area contributed by atoms with E-state index in [0.717, 1.165) is 12.1 Å². The first-order valence-electron chi connectivity index (χ1n) is 4.92. The second-order valence-electron chi connectivity index (χ2n) is 3.62. The van der Waals surface area contributed by atoms with Gasteiger partial charge in [0.05, 0.1) is 5.69 Å². The molecule has 5 heteroatoms. The average molecular weight is 228 g/mol. The molecule has 0 aromatic carbocycles. The zero-order chi connectivity index (χ0) is 11.4. The molecule has 0 aliphatic heterocycles. The summed E-state index contributed by atoms with van der Waals surface area (Å²) in [6, 6.07) is 0.486. The van der Waals surface area contributed by atoms with Gasteiger partial charge in [-0.15, -0.1) is 11.3 Å². The Morgan fingerprint density at radius 1 is 1.73 bits per heavy atom. The molecule has 0 radical (unpaired) electrons. The van der Waals surface area contributed by atoms with Crippen molar-refractivity contribution < 1.29 is 9.90 Å². The standard InChI is InChI=1S/C10H16N2O2S/c1-4-7(2)12(3)5-8-6-15-9(11-8)10(13)14/h6-7H,4-5H2,1-3H3,(H,13,14). The number of thiazole rings is 1.